The molecule has 19 heavy (non-hydrogen) atoms. The topological polar surface area (TPSA) is 63.4 Å². The van der Waals surface area contributed by atoms with Crippen LogP contribution in [-0.2, 0) is 16.0 Å². The summed E-state index contributed by atoms with van der Waals surface area (Å²) in [6, 6.07) is 9.65. The molecular formula is C13H18Cl2N2O2. The molecule has 0 saturated carbocycles. The maximum atomic E-state index is 11.4. The third-order valence-corrected chi connectivity index (χ3v) is 2.91. The molecule has 1 heterocycles. The van der Waals surface area contributed by atoms with Gasteiger partial charge < -0.3 is 5.73 Å². The van der Waals surface area contributed by atoms with E-state index in [1.807, 2.05) is 30.3 Å². The average Bonchev–Trinajstić information content (AvgIpc) is 2.62. The number of nitrogens with two attached hydrogens (primary N) is 1. The van der Waals surface area contributed by atoms with Gasteiger partial charge in [0.15, 0.2) is 0 Å². The van der Waals surface area contributed by atoms with Gasteiger partial charge in [-0.1, -0.05) is 30.3 Å². The lowest BCUT2D eigenvalue weighted by atomic mass is 10.1. The fourth-order valence-corrected chi connectivity index (χ4v) is 2.04. The Bertz CT molecular complexity index is 410. The highest BCUT2D eigenvalue weighted by Crippen LogP contribution is 2.12. The van der Waals surface area contributed by atoms with Crippen molar-refractivity contribution in [3.05, 3.63) is 35.9 Å². The largest absolute Gasteiger partial charge is 0.326 e. The number of nitrogens with zero attached hydrogens (tertiary/aromatic N) is 1. The van der Waals surface area contributed by atoms with E-state index in [9.17, 15) is 9.59 Å². The standard InChI is InChI=1S/C13H16N2O2.2ClH/c14-11(8-10-4-2-1-3-5-10)9-15-12(16)6-7-13(15)17;;/h1-5,11H,6-9,14H2;2*1H. The molecule has 6 heteroatoms. The van der Waals surface area contributed by atoms with Crippen LogP contribution in [0.1, 0.15) is 18.4 Å². The van der Waals surface area contributed by atoms with E-state index < -0.39 is 0 Å². The molecule has 2 rings (SSSR count). The van der Waals surface area contributed by atoms with Gasteiger partial charge in [-0.3, -0.25) is 14.5 Å². The molecule has 2 N–H and O–H groups in total. The first kappa shape index (κ1) is 17.9. The van der Waals surface area contributed by atoms with Crippen molar-refractivity contribution in [1.82, 2.24) is 4.90 Å². The zero-order chi connectivity index (χ0) is 12.3. The van der Waals surface area contributed by atoms with Gasteiger partial charge in [0.1, 0.15) is 0 Å². The molecule has 1 aromatic carbocycles. The minimum Gasteiger partial charge on any atom is -0.326 e. The zero-order valence-electron chi connectivity index (χ0n) is 10.5. The van der Waals surface area contributed by atoms with E-state index in [0.717, 1.165) is 5.56 Å². The summed E-state index contributed by atoms with van der Waals surface area (Å²) in [6.07, 6.45) is 1.34. The van der Waals surface area contributed by atoms with E-state index in [1.54, 1.807) is 0 Å². The summed E-state index contributed by atoms with van der Waals surface area (Å²) in [5.41, 5.74) is 7.09. The van der Waals surface area contributed by atoms with Crippen molar-refractivity contribution in [3.8, 4) is 0 Å². The lowest BCUT2D eigenvalue weighted by Crippen LogP contribution is -2.41. The zero-order valence-corrected chi connectivity index (χ0v) is 12.1. The van der Waals surface area contributed by atoms with Gasteiger partial charge in [0.2, 0.25) is 11.8 Å². The molecule has 0 aromatic heterocycles. The number of carbonyl (C=O) groups is 2. The van der Waals surface area contributed by atoms with Crippen molar-refractivity contribution in [2.75, 3.05) is 6.54 Å². The molecular weight excluding hydrogens is 287 g/mol. The molecule has 4 nitrogen and oxygen atoms in total. The highest BCUT2D eigenvalue weighted by atomic mass is 35.5. The maximum Gasteiger partial charge on any atom is 0.229 e. The Morgan fingerprint density at radius 2 is 1.58 bits per heavy atom. The molecule has 1 fully saturated rings. The summed E-state index contributed by atoms with van der Waals surface area (Å²) in [5, 5.41) is 0. The van der Waals surface area contributed by atoms with Crippen LogP contribution in [-0.4, -0.2) is 29.3 Å². The van der Waals surface area contributed by atoms with Crippen molar-refractivity contribution in [3.63, 3.8) is 0 Å². The Balaban J connectivity index is 0.00000162. The quantitative estimate of drug-likeness (QED) is 0.859. The van der Waals surface area contributed by atoms with E-state index in [-0.39, 0.29) is 42.7 Å². The minimum atomic E-state index is -0.191. The van der Waals surface area contributed by atoms with E-state index >= 15 is 0 Å². The Morgan fingerprint density at radius 1 is 1.05 bits per heavy atom. The smallest absolute Gasteiger partial charge is 0.229 e. The van der Waals surface area contributed by atoms with Crippen molar-refractivity contribution in [1.29, 1.82) is 0 Å². The predicted octanol–water partition coefficient (Wildman–Crippen LogP) is 1.55. The van der Waals surface area contributed by atoms with Crippen molar-refractivity contribution < 1.29 is 9.59 Å². The number of benzene rings is 1. The highest BCUT2D eigenvalue weighted by Gasteiger charge is 2.29. The molecule has 1 saturated heterocycles. The average molecular weight is 305 g/mol. The fraction of sp³-hybridized carbons (Fsp3) is 0.385. The summed E-state index contributed by atoms with van der Waals surface area (Å²) < 4.78 is 0. The van der Waals surface area contributed by atoms with Gasteiger partial charge >= 0.3 is 0 Å². The van der Waals surface area contributed by atoms with Gasteiger partial charge in [-0.15, -0.1) is 24.8 Å². The van der Waals surface area contributed by atoms with Crippen LogP contribution in [0.2, 0.25) is 0 Å². The van der Waals surface area contributed by atoms with Crippen molar-refractivity contribution in [2.24, 2.45) is 5.73 Å². The molecule has 0 bridgehead atoms. The van der Waals surface area contributed by atoms with Crippen LogP contribution >= 0.6 is 24.8 Å². The first-order valence-corrected chi connectivity index (χ1v) is 5.79. The Labute approximate surface area is 125 Å². The molecule has 1 atom stereocenters. The van der Waals surface area contributed by atoms with Crippen LogP contribution in [0.4, 0.5) is 0 Å². The summed E-state index contributed by atoms with van der Waals surface area (Å²) in [4.78, 5) is 24.1. The van der Waals surface area contributed by atoms with Crippen LogP contribution < -0.4 is 5.73 Å². The number of likely N-dealkylation sites (tertiary alicyclic amines) is 1. The molecule has 1 aliphatic rings. The van der Waals surface area contributed by atoms with Crippen molar-refractivity contribution >= 4 is 36.6 Å². The molecule has 0 radical (unpaired) electrons. The van der Waals surface area contributed by atoms with Crippen LogP contribution in [0, 0.1) is 0 Å². The minimum absolute atomic E-state index is 0. The molecule has 1 aromatic rings. The van der Waals surface area contributed by atoms with E-state index in [4.69, 9.17) is 5.73 Å². The number of hydrogen-bond acceptors (Lipinski definition) is 3. The number of hydrogen-bond donors (Lipinski definition) is 1. The van der Waals surface area contributed by atoms with Gasteiger partial charge in [0, 0.05) is 25.4 Å². The van der Waals surface area contributed by atoms with E-state index in [2.05, 4.69) is 0 Å². The van der Waals surface area contributed by atoms with Crippen LogP contribution in [0.3, 0.4) is 0 Å². The number of halogens is 2. The van der Waals surface area contributed by atoms with Crippen molar-refractivity contribution in [2.45, 2.75) is 25.3 Å². The molecule has 0 aliphatic carbocycles. The SMILES string of the molecule is Cl.Cl.NC(Cc1ccccc1)CN1C(=O)CCC1=O. The second-order valence-corrected chi connectivity index (χ2v) is 4.35. The number of rotatable bonds is 4. The number of carbonyl (C=O) groups excluding carboxylic acids is 2. The normalized spacial score (nSPS) is 15.7. The second kappa shape index (κ2) is 8.15. The van der Waals surface area contributed by atoms with E-state index in [0.29, 0.717) is 25.8 Å². The number of imide groups is 1. The third kappa shape index (κ3) is 4.82. The Kier molecular flexibility index (Phi) is 7.68. The summed E-state index contributed by atoms with van der Waals surface area (Å²) in [7, 11) is 0. The monoisotopic (exact) mass is 304 g/mol. The Morgan fingerprint density at radius 3 is 2.11 bits per heavy atom. The third-order valence-electron chi connectivity index (χ3n) is 2.91. The molecule has 1 aliphatic heterocycles. The van der Waals surface area contributed by atoms with Gasteiger partial charge in [-0.05, 0) is 12.0 Å². The van der Waals surface area contributed by atoms with E-state index in [1.165, 1.54) is 4.90 Å². The van der Waals surface area contributed by atoms with Gasteiger partial charge in [0.05, 0.1) is 0 Å². The summed E-state index contributed by atoms with van der Waals surface area (Å²) in [5.74, 6) is -0.197. The fourth-order valence-electron chi connectivity index (χ4n) is 2.04. The maximum absolute atomic E-state index is 11.4. The molecule has 2 amide bonds. The van der Waals surface area contributed by atoms with Gasteiger partial charge in [-0.25, -0.2) is 0 Å². The predicted molar refractivity (Wildman–Crippen MR) is 78.6 cm³/mol. The summed E-state index contributed by atoms with van der Waals surface area (Å²) >= 11 is 0. The van der Waals surface area contributed by atoms with Gasteiger partial charge in [0.25, 0.3) is 0 Å². The van der Waals surface area contributed by atoms with Crippen LogP contribution in [0.5, 0.6) is 0 Å². The first-order valence-electron chi connectivity index (χ1n) is 5.79. The lowest BCUT2D eigenvalue weighted by molar-refractivity contribution is -0.138. The van der Waals surface area contributed by atoms with Gasteiger partial charge in [-0.2, -0.15) is 0 Å². The molecule has 1 unspecified atom stereocenters. The Hall–Kier alpha value is -1.10. The first-order chi connectivity index (χ1) is 8.16. The second-order valence-electron chi connectivity index (χ2n) is 4.35. The number of amides is 2. The highest BCUT2D eigenvalue weighted by molar-refractivity contribution is 6.01. The molecule has 106 valence electrons. The summed E-state index contributed by atoms with van der Waals surface area (Å²) in [6.45, 7) is 0.326. The van der Waals surface area contributed by atoms with Crippen LogP contribution in [0.25, 0.3) is 0 Å². The molecule has 0 spiro atoms. The lowest BCUT2D eigenvalue weighted by Gasteiger charge is -2.19. The van der Waals surface area contributed by atoms with Crippen LogP contribution in [0.15, 0.2) is 30.3 Å².